The van der Waals surface area contributed by atoms with Gasteiger partial charge >= 0.3 is 9.53 Å². The molecule has 0 fully saturated rings. The van der Waals surface area contributed by atoms with E-state index in [4.69, 9.17) is 18.1 Å². The molecule has 14 heavy (non-hydrogen) atoms. The van der Waals surface area contributed by atoms with Crippen LogP contribution in [0.2, 0.25) is 0 Å². The summed E-state index contributed by atoms with van der Waals surface area (Å²) in [6.45, 7) is 11.0. The molecule has 0 N–H and O–H groups in total. The minimum absolute atomic E-state index is 0.639. The molecule has 0 bridgehead atoms. The number of allylic oxidation sites excluding steroid dienone is 1. The molecule has 0 aliphatic rings. The minimum atomic E-state index is -1.73. The average molecular weight is 220 g/mol. The van der Waals surface area contributed by atoms with Gasteiger partial charge in [-0.1, -0.05) is 6.58 Å². The third-order valence-electron chi connectivity index (χ3n) is 1.00. The summed E-state index contributed by atoms with van der Waals surface area (Å²) in [6, 6.07) is 0. The van der Waals surface area contributed by atoms with Crippen LogP contribution in [0.15, 0.2) is 12.7 Å². The van der Waals surface area contributed by atoms with Gasteiger partial charge in [-0.05, 0) is 26.8 Å². The summed E-state index contributed by atoms with van der Waals surface area (Å²) in [5.41, 5.74) is 0. The van der Waals surface area contributed by atoms with Crippen molar-refractivity contribution in [3.63, 3.8) is 0 Å². The lowest BCUT2D eigenvalue weighted by atomic mass is 10.8. The van der Waals surface area contributed by atoms with Gasteiger partial charge in [-0.15, -0.1) is 0 Å². The van der Waals surface area contributed by atoms with Crippen molar-refractivity contribution in [2.24, 2.45) is 0 Å². The molecule has 0 heterocycles. The molecule has 0 saturated heterocycles. The quantitative estimate of drug-likeness (QED) is 0.367. The third kappa shape index (κ3) is 14.1. The zero-order valence-electron chi connectivity index (χ0n) is 9.19. The molecule has 0 aromatic carbocycles. The second kappa shape index (κ2) is 15.0. The first-order valence-electron chi connectivity index (χ1n) is 4.67. The van der Waals surface area contributed by atoms with Gasteiger partial charge in [0, 0.05) is 19.8 Å². The Balaban J connectivity index is 0. The largest absolute Gasteiger partial charge is 0.484 e. The molecule has 0 rings (SSSR count). The zero-order valence-corrected chi connectivity index (χ0v) is 10.3. The fourth-order valence-corrected chi connectivity index (χ4v) is 1.66. The Labute approximate surface area is 87.8 Å². The summed E-state index contributed by atoms with van der Waals surface area (Å²) < 4.78 is 15.7. The SMILES string of the molecule is C=CC=O.CCO[SiH](OCC)OCC. The molecule has 0 aromatic heterocycles. The van der Waals surface area contributed by atoms with Crippen LogP contribution in [-0.2, 0) is 18.1 Å². The van der Waals surface area contributed by atoms with Crippen molar-refractivity contribution in [1.82, 2.24) is 0 Å². The van der Waals surface area contributed by atoms with Crippen LogP contribution in [-0.4, -0.2) is 35.6 Å². The van der Waals surface area contributed by atoms with Crippen LogP contribution in [0, 0.1) is 0 Å². The summed E-state index contributed by atoms with van der Waals surface area (Å²) in [4.78, 5) is 9.06. The smallest absolute Gasteiger partial charge is 0.376 e. The minimum Gasteiger partial charge on any atom is -0.376 e. The van der Waals surface area contributed by atoms with Crippen molar-refractivity contribution >= 4 is 15.8 Å². The summed E-state index contributed by atoms with van der Waals surface area (Å²) in [6.07, 6.45) is 1.83. The van der Waals surface area contributed by atoms with Crippen LogP contribution < -0.4 is 0 Å². The number of hydrogen-bond acceptors (Lipinski definition) is 4. The molecule has 0 amide bonds. The molecule has 5 heteroatoms. The van der Waals surface area contributed by atoms with Crippen molar-refractivity contribution in [2.75, 3.05) is 19.8 Å². The highest BCUT2D eigenvalue weighted by Crippen LogP contribution is 1.90. The van der Waals surface area contributed by atoms with Gasteiger partial charge in [0.1, 0.15) is 6.29 Å². The molecule has 0 aliphatic heterocycles. The van der Waals surface area contributed by atoms with Gasteiger partial charge in [0.05, 0.1) is 0 Å². The van der Waals surface area contributed by atoms with E-state index in [-0.39, 0.29) is 0 Å². The molecule has 84 valence electrons. The van der Waals surface area contributed by atoms with E-state index in [9.17, 15) is 0 Å². The second-order valence-corrected chi connectivity index (χ2v) is 3.60. The normalized spacial score (nSPS) is 9.14. The first-order chi connectivity index (χ1) is 6.76. The maximum absolute atomic E-state index is 9.06. The van der Waals surface area contributed by atoms with Gasteiger partial charge in [-0.25, -0.2) is 0 Å². The lowest BCUT2D eigenvalue weighted by Gasteiger charge is -2.12. The van der Waals surface area contributed by atoms with Crippen molar-refractivity contribution < 1.29 is 18.1 Å². The third-order valence-corrected chi connectivity index (χ3v) is 2.82. The van der Waals surface area contributed by atoms with Gasteiger partial charge in [-0.3, -0.25) is 4.79 Å². The van der Waals surface area contributed by atoms with Crippen LogP contribution in [0.3, 0.4) is 0 Å². The van der Waals surface area contributed by atoms with Crippen molar-refractivity contribution in [3.05, 3.63) is 12.7 Å². The maximum Gasteiger partial charge on any atom is 0.484 e. The van der Waals surface area contributed by atoms with Crippen LogP contribution in [0.4, 0.5) is 0 Å². The highest BCUT2D eigenvalue weighted by atomic mass is 28.3. The predicted molar refractivity (Wildman–Crippen MR) is 58.3 cm³/mol. The fraction of sp³-hybridized carbons (Fsp3) is 0.667. The van der Waals surface area contributed by atoms with E-state index in [0.717, 1.165) is 0 Å². The van der Waals surface area contributed by atoms with Gasteiger partial charge in [-0.2, -0.15) is 0 Å². The van der Waals surface area contributed by atoms with E-state index in [2.05, 4.69) is 6.58 Å². The van der Waals surface area contributed by atoms with Crippen LogP contribution in [0.25, 0.3) is 0 Å². The van der Waals surface area contributed by atoms with E-state index < -0.39 is 9.53 Å². The van der Waals surface area contributed by atoms with E-state index in [1.807, 2.05) is 20.8 Å². The number of hydrogen-bond donors (Lipinski definition) is 0. The molecular formula is C9H20O4Si. The Bertz CT molecular complexity index is 110. The van der Waals surface area contributed by atoms with Gasteiger partial charge < -0.3 is 13.3 Å². The Kier molecular flexibility index (Phi) is 17.1. The summed E-state index contributed by atoms with van der Waals surface area (Å²) in [5, 5.41) is 0. The van der Waals surface area contributed by atoms with Crippen LogP contribution in [0.5, 0.6) is 0 Å². The van der Waals surface area contributed by atoms with E-state index in [1.165, 1.54) is 6.08 Å². The number of carbonyl (C=O) groups is 1. The molecular weight excluding hydrogens is 200 g/mol. The molecule has 0 spiro atoms. The standard InChI is InChI=1S/C6H16O3Si.C3H4O/c1-4-7-10(8-5-2)9-6-3;1-2-3-4/h10H,4-6H2,1-3H3;2-3H,1H2. The number of carbonyl (C=O) groups excluding carboxylic acids is 1. The van der Waals surface area contributed by atoms with Crippen molar-refractivity contribution in [1.29, 1.82) is 0 Å². The van der Waals surface area contributed by atoms with Crippen molar-refractivity contribution in [3.8, 4) is 0 Å². The van der Waals surface area contributed by atoms with E-state index in [1.54, 1.807) is 0 Å². The van der Waals surface area contributed by atoms with Gasteiger partial charge in [0.25, 0.3) is 0 Å². The summed E-state index contributed by atoms with van der Waals surface area (Å²) in [5.74, 6) is 0. The lowest BCUT2D eigenvalue weighted by molar-refractivity contribution is -0.104. The Morgan fingerprint density at radius 2 is 1.36 bits per heavy atom. The van der Waals surface area contributed by atoms with Gasteiger partial charge in [0.2, 0.25) is 0 Å². The molecule has 0 aliphatic carbocycles. The first kappa shape index (κ1) is 16.0. The highest BCUT2D eigenvalue weighted by molar-refractivity contribution is 6.36. The molecule has 0 atom stereocenters. The first-order valence-corrected chi connectivity index (χ1v) is 6.09. The van der Waals surface area contributed by atoms with Crippen molar-refractivity contribution in [2.45, 2.75) is 20.8 Å². The zero-order chi connectivity index (χ0) is 11.2. The Hall–Kier alpha value is -0.493. The topological polar surface area (TPSA) is 44.8 Å². The predicted octanol–water partition coefficient (Wildman–Crippen LogP) is 1.18. The van der Waals surface area contributed by atoms with E-state index in [0.29, 0.717) is 26.1 Å². The summed E-state index contributed by atoms with van der Waals surface area (Å²) in [7, 11) is -1.73. The molecule has 4 nitrogen and oxygen atoms in total. The number of aldehydes is 1. The average Bonchev–Trinajstić information content (AvgIpc) is 2.20. The molecule has 0 unspecified atom stereocenters. The molecule has 0 aromatic rings. The Morgan fingerprint density at radius 3 is 1.50 bits per heavy atom. The monoisotopic (exact) mass is 220 g/mol. The van der Waals surface area contributed by atoms with Crippen LogP contribution in [0.1, 0.15) is 20.8 Å². The second-order valence-electron chi connectivity index (χ2n) is 2.03. The van der Waals surface area contributed by atoms with Crippen LogP contribution >= 0.6 is 0 Å². The lowest BCUT2D eigenvalue weighted by Crippen LogP contribution is -2.27. The Morgan fingerprint density at radius 1 is 1.07 bits per heavy atom. The fourth-order valence-electron chi connectivity index (χ4n) is 0.553. The molecule has 0 saturated carbocycles. The molecule has 0 radical (unpaired) electrons. The highest BCUT2D eigenvalue weighted by Gasteiger charge is 2.11. The summed E-state index contributed by atoms with van der Waals surface area (Å²) >= 11 is 0. The van der Waals surface area contributed by atoms with Gasteiger partial charge in [0.15, 0.2) is 0 Å². The van der Waals surface area contributed by atoms with E-state index >= 15 is 0 Å². The number of rotatable bonds is 7. The maximum atomic E-state index is 9.06.